The van der Waals surface area contributed by atoms with E-state index < -0.39 is 0 Å². The van der Waals surface area contributed by atoms with Crippen LogP contribution in [0.1, 0.15) is 16.7 Å². The number of aryl methyl sites for hydroxylation is 1. The fraction of sp³-hybridized carbons (Fsp3) is 0.0400. The minimum atomic E-state index is 0.918. The lowest BCUT2D eigenvalue weighted by molar-refractivity contribution is 0.670. The second kappa shape index (κ2) is 11.2. The molecule has 52 heavy (non-hydrogen) atoms. The van der Waals surface area contributed by atoms with Crippen LogP contribution in [-0.4, -0.2) is 4.57 Å². The number of benzene rings is 8. The van der Waals surface area contributed by atoms with Crippen molar-refractivity contribution in [2.75, 3.05) is 0 Å². The molecule has 0 N–H and O–H groups in total. The monoisotopic (exact) mass is 663 g/mol. The number of furan rings is 1. The van der Waals surface area contributed by atoms with Crippen molar-refractivity contribution in [3.8, 4) is 50.2 Å². The topological polar surface area (TPSA) is 18.1 Å². The van der Waals surface area contributed by atoms with E-state index in [0.29, 0.717) is 0 Å². The molecule has 0 amide bonds. The van der Waals surface area contributed by atoms with Gasteiger partial charge in [0.2, 0.25) is 0 Å². The van der Waals surface area contributed by atoms with Crippen molar-refractivity contribution >= 4 is 43.7 Å². The van der Waals surface area contributed by atoms with Crippen LogP contribution in [0.5, 0.6) is 0 Å². The summed E-state index contributed by atoms with van der Waals surface area (Å²) in [5.74, 6) is 0. The number of rotatable bonds is 4. The first-order chi connectivity index (χ1) is 25.7. The van der Waals surface area contributed by atoms with Crippen LogP contribution in [0.4, 0.5) is 0 Å². The molecular weight excluding hydrogens is 631 g/mol. The summed E-state index contributed by atoms with van der Waals surface area (Å²) in [6, 6.07) is 62.3. The van der Waals surface area contributed by atoms with Crippen LogP contribution in [0, 0.1) is 6.92 Å². The van der Waals surface area contributed by atoms with E-state index in [9.17, 15) is 0 Å². The largest absolute Gasteiger partial charge is 0.455 e. The number of aromatic nitrogens is 1. The van der Waals surface area contributed by atoms with Gasteiger partial charge in [-0.05, 0) is 112 Å². The summed E-state index contributed by atoms with van der Waals surface area (Å²) >= 11 is 0. The van der Waals surface area contributed by atoms with Crippen LogP contribution in [-0.2, 0) is 6.42 Å². The van der Waals surface area contributed by atoms with Gasteiger partial charge in [0.1, 0.15) is 11.2 Å². The summed E-state index contributed by atoms with van der Waals surface area (Å²) in [6.45, 7) is 2.14. The number of fused-ring (bicyclic) bond motifs is 9. The minimum absolute atomic E-state index is 0.918. The smallest absolute Gasteiger partial charge is 0.143 e. The molecule has 244 valence electrons. The predicted molar refractivity (Wildman–Crippen MR) is 217 cm³/mol. The summed E-state index contributed by atoms with van der Waals surface area (Å²) in [6.07, 6.45) is 1.01. The Morgan fingerprint density at radius 2 is 1.02 bits per heavy atom. The Morgan fingerprint density at radius 3 is 1.83 bits per heavy atom. The van der Waals surface area contributed by atoms with Crippen molar-refractivity contribution in [2.24, 2.45) is 0 Å². The van der Waals surface area contributed by atoms with E-state index in [-0.39, 0.29) is 0 Å². The van der Waals surface area contributed by atoms with E-state index in [1.165, 1.54) is 71.9 Å². The minimum Gasteiger partial charge on any atom is -0.455 e. The Balaban J connectivity index is 1.07. The van der Waals surface area contributed by atoms with Gasteiger partial charge in [0.25, 0.3) is 0 Å². The van der Waals surface area contributed by atoms with Gasteiger partial charge in [-0.2, -0.15) is 0 Å². The molecule has 11 rings (SSSR count). The Hall–Kier alpha value is -6.64. The molecule has 0 saturated carbocycles. The highest BCUT2D eigenvalue weighted by Gasteiger charge is 2.20. The lowest BCUT2D eigenvalue weighted by Crippen LogP contribution is -1.94. The molecule has 0 fully saturated rings. The van der Waals surface area contributed by atoms with Gasteiger partial charge < -0.3 is 8.98 Å². The Labute approximate surface area is 301 Å². The summed E-state index contributed by atoms with van der Waals surface area (Å²) in [4.78, 5) is 0. The van der Waals surface area contributed by atoms with Gasteiger partial charge in [-0.3, -0.25) is 0 Å². The van der Waals surface area contributed by atoms with Gasteiger partial charge in [-0.15, -0.1) is 0 Å². The third-order valence-corrected chi connectivity index (χ3v) is 11.1. The maximum atomic E-state index is 6.39. The summed E-state index contributed by atoms with van der Waals surface area (Å²) in [5, 5.41) is 4.79. The van der Waals surface area contributed by atoms with Crippen molar-refractivity contribution in [3.63, 3.8) is 0 Å². The standard InChI is InChI=1S/C50H33NO/c1-31-13-15-32(16-14-31)34-21-25-47-45(29-34)46-30-36(35-17-18-38-27-37-7-2-3-8-40(37)44(38)28-35)22-26-48(46)51(47)39-23-19-33(20-24-39)41-10-6-11-43-42-9-4-5-12-49(42)52-50(41)43/h2-26,28-30H,27H2,1H3. The highest BCUT2D eigenvalue weighted by Crippen LogP contribution is 2.42. The number of nitrogens with zero attached hydrogens (tertiary/aromatic N) is 1. The molecule has 0 saturated heterocycles. The van der Waals surface area contributed by atoms with Gasteiger partial charge in [0, 0.05) is 32.8 Å². The lowest BCUT2D eigenvalue weighted by Gasteiger charge is -2.11. The van der Waals surface area contributed by atoms with Crippen LogP contribution in [0.15, 0.2) is 174 Å². The zero-order chi connectivity index (χ0) is 34.3. The van der Waals surface area contributed by atoms with Gasteiger partial charge in [0.15, 0.2) is 0 Å². The first kappa shape index (κ1) is 29.1. The number of hydrogen-bond donors (Lipinski definition) is 0. The molecule has 8 aromatic carbocycles. The fourth-order valence-corrected chi connectivity index (χ4v) is 8.47. The van der Waals surface area contributed by atoms with Crippen LogP contribution in [0.2, 0.25) is 0 Å². The molecule has 10 aromatic rings. The van der Waals surface area contributed by atoms with Crippen LogP contribution < -0.4 is 0 Å². The Kier molecular flexibility index (Phi) is 6.26. The van der Waals surface area contributed by atoms with Crippen molar-refractivity contribution in [2.45, 2.75) is 13.3 Å². The fourth-order valence-electron chi connectivity index (χ4n) is 8.47. The van der Waals surface area contributed by atoms with Crippen molar-refractivity contribution in [1.82, 2.24) is 4.57 Å². The zero-order valence-electron chi connectivity index (χ0n) is 28.7. The normalized spacial score (nSPS) is 12.2. The molecule has 0 aliphatic heterocycles. The summed E-state index contributed by atoms with van der Waals surface area (Å²) < 4.78 is 8.81. The summed E-state index contributed by atoms with van der Waals surface area (Å²) in [5.41, 5.74) is 19.3. The van der Waals surface area contributed by atoms with E-state index >= 15 is 0 Å². The third-order valence-electron chi connectivity index (χ3n) is 11.1. The average molecular weight is 664 g/mol. The third kappa shape index (κ3) is 4.44. The molecule has 2 nitrogen and oxygen atoms in total. The van der Waals surface area contributed by atoms with E-state index in [1.54, 1.807) is 0 Å². The molecule has 0 atom stereocenters. The Morgan fingerprint density at radius 1 is 0.423 bits per heavy atom. The van der Waals surface area contributed by atoms with E-state index in [2.05, 4.69) is 169 Å². The molecular formula is C50H33NO. The highest BCUT2D eigenvalue weighted by molar-refractivity contribution is 6.12. The van der Waals surface area contributed by atoms with Crippen molar-refractivity contribution in [3.05, 3.63) is 187 Å². The predicted octanol–water partition coefficient (Wildman–Crippen LogP) is 13.6. The molecule has 2 heterocycles. The summed E-state index contributed by atoms with van der Waals surface area (Å²) in [7, 11) is 0. The van der Waals surface area contributed by atoms with Gasteiger partial charge >= 0.3 is 0 Å². The van der Waals surface area contributed by atoms with Crippen LogP contribution in [0.3, 0.4) is 0 Å². The van der Waals surface area contributed by atoms with E-state index in [0.717, 1.165) is 45.2 Å². The zero-order valence-corrected chi connectivity index (χ0v) is 28.7. The molecule has 0 unspecified atom stereocenters. The average Bonchev–Trinajstić information content (AvgIpc) is 3.87. The van der Waals surface area contributed by atoms with Gasteiger partial charge in [-0.1, -0.05) is 127 Å². The van der Waals surface area contributed by atoms with Crippen molar-refractivity contribution < 1.29 is 4.42 Å². The number of hydrogen-bond acceptors (Lipinski definition) is 1. The second-order valence-corrected chi connectivity index (χ2v) is 14.2. The SMILES string of the molecule is Cc1ccc(-c2ccc3c(c2)c2cc(-c4ccc5c(c4)-c4ccccc4C5)ccc2n3-c2ccc(-c3cccc4c3oc3ccccc34)cc2)cc1. The first-order valence-corrected chi connectivity index (χ1v) is 18.0. The quantitative estimate of drug-likeness (QED) is 0.183. The molecule has 0 radical (unpaired) electrons. The maximum Gasteiger partial charge on any atom is 0.143 e. The molecule has 1 aliphatic rings. The lowest BCUT2D eigenvalue weighted by atomic mass is 9.97. The maximum absolute atomic E-state index is 6.39. The first-order valence-electron chi connectivity index (χ1n) is 18.0. The molecule has 0 spiro atoms. The van der Waals surface area contributed by atoms with Crippen LogP contribution in [0.25, 0.3) is 93.9 Å². The molecule has 2 heteroatoms. The second-order valence-electron chi connectivity index (χ2n) is 14.2. The van der Waals surface area contributed by atoms with Crippen LogP contribution >= 0.6 is 0 Å². The van der Waals surface area contributed by atoms with Gasteiger partial charge in [0.05, 0.1) is 11.0 Å². The molecule has 1 aliphatic carbocycles. The molecule has 2 aromatic heterocycles. The number of para-hydroxylation sites is 2. The molecule has 0 bridgehead atoms. The van der Waals surface area contributed by atoms with Crippen molar-refractivity contribution in [1.29, 1.82) is 0 Å². The van der Waals surface area contributed by atoms with Gasteiger partial charge in [-0.25, -0.2) is 0 Å². The Bertz CT molecular complexity index is 3030. The highest BCUT2D eigenvalue weighted by atomic mass is 16.3. The van der Waals surface area contributed by atoms with E-state index in [4.69, 9.17) is 4.42 Å². The van der Waals surface area contributed by atoms with E-state index in [1.807, 2.05) is 12.1 Å².